The van der Waals surface area contributed by atoms with Crippen molar-refractivity contribution in [2.75, 3.05) is 6.54 Å². The smallest absolute Gasteiger partial charge is 0.0540 e. The fourth-order valence-corrected chi connectivity index (χ4v) is 2.22. The predicted molar refractivity (Wildman–Crippen MR) is 61.7 cm³/mol. The lowest BCUT2D eigenvalue weighted by molar-refractivity contribution is 0.468. The summed E-state index contributed by atoms with van der Waals surface area (Å²) in [6.07, 6.45) is 5.63. The van der Waals surface area contributed by atoms with E-state index in [1.165, 1.54) is 29.7 Å². The van der Waals surface area contributed by atoms with Crippen molar-refractivity contribution in [3.63, 3.8) is 0 Å². The van der Waals surface area contributed by atoms with Crippen LogP contribution in [0.2, 0.25) is 0 Å². The van der Waals surface area contributed by atoms with E-state index in [2.05, 4.69) is 23.9 Å². The number of hydrogen-bond donors (Lipinski definition) is 1. The van der Waals surface area contributed by atoms with Gasteiger partial charge in [-0.2, -0.15) is 5.10 Å². The molecule has 0 aromatic carbocycles. The zero-order valence-electron chi connectivity index (χ0n) is 9.58. The Balaban J connectivity index is 2.12. The lowest BCUT2D eigenvalue weighted by Crippen LogP contribution is -2.26. The first-order chi connectivity index (χ1) is 7.18. The van der Waals surface area contributed by atoms with E-state index in [4.69, 9.17) is 0 Å². The molecule has 3 nitrogen and oxygen atoms in total. The number of aryl methyl sites for hydroxylation is 1. The van der Waals surface area contributed by atoms with Crippen LogP contribution in [-0.4, -0.2) is 16.3 Å². The molecule has 0 saturated heterocycles. The van der Waals surface area contributed by atoms with E-state index in [-0.39, 0.29) is 0 Å². The van der Waals surface area contributed by atoms with Crippen molar-refractivity contribution in [1.82, 2.24) is 15.1 Å². The van der Waals surface area contributed by atoms with Crippen LogP contribution in [0.5, 0.6) is 0 Å². The van der Waals surface area contributed by atoms with E-state index in [1.54, 1.807) is 0 Å². The summed E-state index contributed by atoms with van der Waals surface area (Å²) in [6, 6.07) is 0.471. The molecule has 0 radical (unpaired) electrons. The molecule has 82 valence electrons. The van der Waals surface area contributed by atoms with Gasteiger partial charge in [-0.25, -0.2) is 0 Å². The van der Waals surface area contributed by atoms with Crippen LogP contribution in [0.1, 0.15) is 37.1 Å². The summed E-state index contributed by atoms with van der Waals surface area (Å²) < 4.78 is 2.00. The minimum absolute atomic E-state index is 0.471. The number of rotatable bonds is 3. The molecule has 1 heterocycles. The predicted octanol–water partition coefficient (Wildman–Crippen LogP) is 1.96. The summed E-state index contributed by atoms with van der Waals surface area (Å²) in [6.45, 7) is 6.87. The summed E-state index contributed by atoms with van der Waals surface area (Å²) >= 11 is 0. The summed E-state index contributed by atoms with van der Waals surface area (Å²) in [5.74, 6) is 0. The van der Waals surface area contributed by atoms with E-state index in [0.29, 0.717) is 6.04 Å². The molecular formula is C12H19N3. The molecule has 0 bridgehead atoms. The van der Waals surface area contributed by atoms with Gasteiger partial charge in [0.1, 0.15) is 0 Å². The molecule has 15 heavy (non-hydrogen) atoms. The molecule has 3 heteroatoms. The number of fused-ring (bicyclic) bond motifs is 1. The lowest BCUT2D eigenvalue weighted by atomic mass is 9.93. The first-order valence-corrected chi connectivity index (χ1v) is 5.57. The van der Waals surface area contributed by atoms with Crippen molar-refractivity contribution in [1.29, 1.82) is 0 Å². The zero-order valence-corrected chi connectivity index (χ0v) is 9.58. The Morgan fingerprint density at radius 1 is 1.73 bits per heavy atom. The minimum atomic E-state index is 0.471. The SMILES string of the molecule is C=C(C)CNC1CCCc2c1cnn2C. The Bertz CT molecular complexity index is 365. The highest BCUT2D eigenvalue weighted by Crippen LogP contribution is 2.28. The maximum atomic E-state index is 4.33. The van der Waals surface area contributed by atoms with Crippen molar-refractivity contribution < 1.29 is 0 Å². The molecule has 1 aliphatic carbocycles. The van der Waals surface area contributed by atoms with Crippen LogP contribution in [0.3, 0.4) is 0 Å². The van der Waals surface area contributed by atoms with Crippen LogP contribution >= 0.6 is 0 Å². The van der Waals surface area contributed by atoms with Crippen molar-refractivity contribution >= 4 is 0 Å². The van der Waals surface area contributed by atoms with Crippen LogP contribution in [0, 0.1) is 0 Å². The largest absolute Gasteiger partial charge is 0.306 e. The van der Waals surface area contributed by atoms with Crippen molar-refractivity contribution in [2.24, 2.45) is 7.05 Å². The third-order valence-corrected chi connectivity index (χ3v) is 3.03. The standard InChI is InChI=1S/C12H19N3/c1-9(2)7-13-11-5-4-6-12-10(11)8-14-15(12)3/h8,11,13H,1,4-7H2,2-3H3. The van der Waals surface area contributed by atoms with Crippen LogP contribution in [-0.2, 0) is 13.5 Å². The molecule has 2 rings (SSSR count). The molecule has 1 aromatic rings. The molecule has 1 unspecified atom stereocenters. The number of nitrogens with zero attached hydrogens (tertiary/aromatic N) is 2. The van der Waals surface area contributed by atoms with Gasteiger partial charge >= 0.3 is 0 Å². The summed E-state index contributed by atoms with van der Waals surface area (Å²) in [4.78, 5) is 0. The highest BCUT2D eigenvalue weighted by atomic mass is 15.3. The Hall–Kier alpha value is -1.09. The Kier molecular flexibility index (Phi) is 2.91. The second kappa shape index (κ2) is 4.19. The normalized spacial score (nSPS) is 20.0. The third kappa shape index (κ3) is 2.12. The van der Waals surface area contributed by atoms with Gasteiger partial charge in [0.15, 0.2) is 0 Å². The van der Waals surface area contributed by atoms with Gasteiger partial charge in [-0.05, 0) is 26.2 Å². The van der Waals surface area contributed by atoms with Gasteiger partial charge in [-0.15, -0.1) is 0 Å². The fraction of sp³-hybridized carbons (Fsp3) is 0.583. The van der Waals surface area contributed by atoms with Crippen LogP contribution < -0.4 is 5.32 Å². The van der Waals surface area contributed by atoms with Gasteiger partial charge in [0.25, 0.3) is 0 Å². The molecule has 1 N–H and O–H groups in total. The van der Waals surface area contributed by atoms with E-state index < -0.39 is 0 Å². The van der Waals surface area contributed by atoms with Gasteiger partial charge in [0, 0.05) is 30.9 Å². The van der Waals surface area contributed by atoms with E-state index in [1.807, 2.05) is 17.9 Å². The molecule has 1 atom stereocenters. The van der Waals surface area contributed by atoms with E-state index in [9.17, 15) is 0 Å². The highest BCUT2D eigenvalue weighted by Gasteiger charge is 2.22. The first-order valence-electron chi connectivity index (χ1n) is 5.57. The van der Waals surface area contributed by atoms with Crippen molar-refractivity contribution in [3.8, 4) is 0 Å². The van der Waals surface area contributed by atoms with Crippen LogP contribution in [0.15, 0.2) is 18.3 Å². The Morgan fingerprint density at radius 2 is 2.53 bits per heavy atom. The first kappa shape index (κ1) is 10.4. The fourth-order valence-electron chi connectivity index (χ4n) is 2.22. The van der Waals surface area contributed by atoms with Crippen LogP contribution in [0.4, 0.5) is 0 Å². The molecule has 1 aromatic heterocycles. The highest BCUT2D eigenvalue weighted by molar-refractivity contribution is 5.24. The minimum Gasteiger partial charge on any atom is -0.306 e. The Morgan fingerprint density at radius 3 is 3.27 bits per heavy atom. The topological polar surface area (TPSA) is 29.9 Å². The Labute approximate surface area is 91.2 Å². The number of hydrogen-bond acceptors (Lipinski definition) is 2. The zero-order chi connectivity index (χ0) is 10.8. The molecule has 0 amide bonds. The van der Waals surface area contributed by atoms with Gasteiger partial charge < -0.3 is 5.32 Å². The molecular weight excluding hydrogens is 186 g/mol. The molecule has 0 fully saturated rings. The van der Waals surface area contributed by atoms with Gasteiger partial charge in [-0.1, -0.05) is 12.2 Å². The third-order valence-electron chi connectivity index (χ3n) is 3.03. The number of aromatic nitrogens is 2. The monoisotopic (exact) mass is 205 g/mol. The summed E-state index contributed by atoms with van der Waals surface area (Å²) in [7, 11) is 2.03. The quantitative estimate of drug-likeness (QED) is 0.764. The summed E-state index contributed by atoms with van der Waals surface area (Å²) in [5.41, 5.74) is 3.96. The second-order valence-electron chi connectivity index (χ2n) is 4.45. The van der Waals surface area contributed by atoms with Crippen LogP contribution in [0.25, 0.3) is 0 Å². The number of nitrogens with one attached hydrogen (secondary N) is 1. The van der Waals surface area contributed by atoms with Gasteiger partial charge in [0.05, 0.1) is 6.20 Å². The van der Waals surface area contributed by atoms with Crippen molar-refractivity contribution in [3.05, 3.63) is 29.6 Å². The molecule has 0 aliphatic heterocycles. The average Bonchev–Trinajstić information content (AvgIpc) is 2.58. The average molecular weight is 205 g/mol. The molecule has 0 spiro atoms. The van der Waals surface area contributed by atoms with E-state index >= 15 is 0 Å². The molecule has 1 aliphatic rings. The second-order valence-corrected chi connectivity index (χ2v) is 4.45. The lowest BCUT2D eigenvalue weighted by Gasteiger charge is -2.23. The maximum Gasteiger partial charge on any atom is 0.0540 e. The molecule has 0 saturated carbocycles. The summed E-state index contributed by atoms with van der Waals surface area (Å²) in [5, 5.41) is 7.87. The van der Waals surface area contributed by atoms with Gasteiger partial charge in [-0.3, -0.25) is 4.68 Å². The van der Waals surface area contributed by atoms with Gasteiger partial charge in [0.2, 0.25) is 0 Å². The van der Waals surface area contributed by atoms with Crippen molar-refractivity contribution in [2.45, 2.75) is 32.2 Å². The van der Waals surface area contributed by atoms with E-state index in [0.717, 1.165) is 13.0 Å². The maximum absolute atomic E-state index is 4.33.